The first kappa shape index (κ1) is 16.3. The molecule has 0 radical (unpaired) electrons. The van der Waals surface area contributed by atoms with Gasteiger partial charge in [0.2, 0.25) is 0 Å². The molecule has 0 aliphatic heterocycles. The lowest BCUT2D eigenvalue weighted by atomic mass is 10.1. The van der Waals surface area contributed by atoms with E-state index in [1.807, 2.05) is 26.0 Å². The summed E-state index contributed by atoms with van der Waals surface area (Å²) in [5.41, 5.74) is 1.42. The van der Waals surface area contributed by atoms with Gasteiger partial charge in [-0.15, -0.1) is 23.2 Å². The van der Waals surface area contributed by atoms with Gasteiger partial charge in [0.05, 0.1) is 14.6 Å². The number of halogens is 5. The summed E-state index contributed by atoms with van der Waals surface area (Å²) < 4.78 is 0. The second-order valence-corrected chi connectivity index (χ2v) is 7.09. The molecule has 88 valence electrons. The zero-order chi connectivity index (χ0) is 12.1. The van der Waals surface area contributed by atoms with Gasteiger partial charge in [0.25, 0.3) is 0 Å². The van der Waals surface area contributed by atoms with Crippen LogP contribution in [0.3, 0.4) is 0 Å². The lowest BCUT2D eigenvalue weighted by molar-refractivity contribution is 0.807. The molecule has 0 aromatic heterocycles. The number of alkyl halides is 4. The minimum absolute atomic E-state index is 0.0289. The van der Waals surface area contributed by atoms with Crippen LogP contribution < -0.4 is 0 Å². The lowest BCUT2D eigenvalue weighted by Gasteiger charge is -2.22. The molecular weight excluding hydrogens is 386 g/mol. The molecule has 0 aliphatic rings. The standard InChI is InChI=1S/C10H13Br2Cl3/c1-9(14,7-11)4-3-8(12)10(2,15)5-6-13/h3-6,8H,7H2,1-2H3/b4-3+,6-5+/t8-,9?,10+/m0/s1. The summed E-state index contributed by atoms with van der Waals surface area (Å²) in [7, 11) is 0. The van der Waals surface area contributed by atoms with Crippen LogP contribution in [0.25, 0.3) is 0 Å². The van der Waals surface area contributed by atoms with Crippen LogP contribution in [0.4, 0.5) is 0 Å². The number of rotatable bonds is 5. The monoisotopic (exact) mass is 396 g/mol. The second kappa shape index (κ2) is 6.90. The molecule has 0 aromatic rings. The second-order valence-electron chi connectivity index (χ2n) is 3.62. The summed E-state index contributed by atoms with van der Waals surface area (Å²) >= 11 is 24.7. The maximum absolute atomic E-state index is 6.23. The Kier molecular flexibility index (Phi) is 7.51. The maximum atomic E-state index is 6.23. The van der Waals surface area contributed by atoms with Crippen LogP contribution in [0.2, 0.25) is 0 Å². The maximum Gasteiger partial charge on any atom is 0.0768 e. The Bertz CT molecular complexity index is 247. The molecule has 0 saturated heterocycles. The highest BCUT2D eigenvalue weighted by Crippen LogP contribution is 2.30. The fourth-order valence-electron chi connectivity index (χ4n) is 0.733. The van der Waals surface area contributed by atoms with Gasteiger partial charge in [-0.3, -0.25) is 0 Å². The van der Waals surface area contributed by atoms with Crippen molar-refractivity contribution in [1.29, 1.82) is 0 Å². The van der Waals surface area contributed by atoms with Crippen LogP contribution in [-0.2, 0) is 0 Å². The molecule has 15 heavy (non-hydrogen) atoms. The first-order valence-electron chi connectivity index (χ1n) is 4.30. The van der Waals surface area contributed by atoms with Gasteiger partial charge >= 0.3 is 0 Å². The Morgan fingerprint density at radius 1 is 1.27 bits per heavy atom. The summed E-state index contributed by atoms with van der Waals surface area (Å²) in [4.78, 5) is -0.986. The van der Waals surface area contributed by atoms with Crippen molar-refractivity contribution in [2.75, 3.05) is 5.33 Å². The van der Waals surface area contributed by atoms with Crippen molar-refractivity contribution in [3.05, 3.63) is 23.8 Å². The summed E-state index contributed by atoms with van der Waals surface area (Å²) in [6.07, 6.45) is 5.56. The molecule has 0 aliphatic carbocycles. The molecule has 0 nitrogen and oxygen atoms in total. The minimum Gasteiger partial charge on any atom is -0.114 e. The zero-order valence-corrected chi connectivity index (χ0v) is 13.9. The molecule has 5 heteroatoms. The van der Waals surface area contributed by atoms with Crippen molar-refractivity contribution in [2.45, 2.75) is 28.4 Å². The summed E-state index contributed by atoms with van der Waals surface area (Å²) in [6, 6.07) is 0. The van der Waals surface area contributed by atoms with E-state index in [0.29, 0.717) is 5.33 Å². The summed E-state index contributed by atoms with van der Waals surface area (Å²) in [5, 5.41) is 0.683. The zero-order valence-electron chi connectivity index (χ0n) is 8.48. The van der Waals surface area contributed by atoms with Gasteiger partial charge < -0.3 is 0 Å². The van der Waals surface area contributed by atoms with Gasteiger partial charge in [-0.1, -0.05) is 61.7 Å². The van der Waals surface area contributed by atoms with Crippen LogP contribution in [0.15, 0.2) is 23.8 Å². The molecular formula is C10H13Br2Cl3. The Morgan fingerprint density at radius 2 is 1.80 bits per heavy atom. The van der Waals surface area contributed by atoms with Crippen LogP contribution in [0, 0.1) is 0 Å². The number of allylic oxidation sites excluding steroid dienone is 3. The molecule has 0 fully saturated rings. The van der Waals surface area contributed by atoms with Crippen molar-refractivity contribution in [1.82, 2.24) is 0 Å². The van der Waals surface area contributed by atoms with Crippen LogP contribution in [0.1, 0.15) is 13.8 Å². The third-order valence-electron chi connectivity index (χ3n) is 1.80. The molecule has 3 atom stereocenters. The third kappa shape index (κ3) is 6.58. The molecule has 0 heterocycles. The van der Waals surface area contributed by atoms with Gasteiger partial charge in [0.15, 0.2) is 0 Å². The Hall–Kier alpha value is 1.31. The van der Waals surface area contributed by atoms with E-state index in [1.165, 1.54) is 5.54 Å². The smallest absolute Gasteiger partial charge is 0.0768 e. The third-order valence-corrected chi connectivity index (χ3v) is 5.56. The molecule has 1 unspecified atom stereocenters. The Balaban J connectivity index is 4.55. The van der Waals surface area contributed by atoms with E-state index < -0.39 is 9.75 Å². The van der Waals surface area contributed by atoms with Gasteiger partial charge in [0, 0.05) is 10.9 Å². The Labute approximate surface area is 123 Å². The van der Waals surface area contributed by atoms with Gasteiger partial charge in [-0.05, 0) is 13.8 Å². The van der Waals surface area contributed by atoms with Crippen molar-refractivity contribution in [2.24, 2.45) is 0 Å². The average Bonchev–Trinajstić information content (AvgIpc) is 2.14. The van der Waals surface area contributed by atoms with E-state index in [2.05, 4.69) is 31.9 Å². The van der Waals surface area contributed by atoms with E-state index >= 15 is 0 Å². The molecule has 0 aromatic carbocycles. The van der Waals surface area contributed by atoms with Crippen molar-refractivity contribution < 1.29 is 0 Å². The van der Waals surface area contributed by atoms with Crippen LogP contribution in [0.5, 0.6) is 0 Å². The van der Waals surface area contributed by atoms with E-state index in [1.54, 1.807) is 6.08 Å². The minimum atomic E-state index is -0.558. The first-order valence-corrected chi connectivity index (χ1v) is 7.53. The highest BCUT2D eigenvalue weighted by molar-refractivity contribution is 9.09. The van der Waals surface area contributed by atoms with Gasteiger partial charge in [-0.25, -0.2) is 0 Å². The van der Waals surface area contributed by atoms with Crippen LogP contribution in [-0.4, -0.2) is 19.9 Å². The van der Waals surface area contributed by atoms with E-state index in [9.17, 15) is 0 Å². The molecule has 0 spiro atoms. The fraction of sp³-hybridized carbons (Fsp3) is 0.600. The quantitative estimate of drug-likeness (QED) is 0.426. The van der Waals surface area contributed by atoms with Crippen molar-refractivity contribution in [3.8, 4) is 0 Å². The van der Waals surface area contributed by atoms with Crippen molar-refractivity contribution >= 4 is 66.7 Å². The predicted molar refractivity (Wildman–Crippen MR) is 79.2 cm³/mol. The normalized spacial score (nSPS) is 22.9. The van der Waals surface area contributed by atoms with Crippen molar-refractivity contribution in [3.63, 3.8) is 0 Å². The molecule has 0 N–H and O–H groups in total. The lowest BCUT2D eigenvalue weighted by Crippen LogP contribution is -2.25. The highest BCUT2D eigenvalue weighted by atomic mass is 79.9. The van der Waals surface area contributed by atoms with Crippen LogP contribution >= 0.6 is 66.7 Å². The van der Waals surface area contributed by atoms with E-state index in [4.69, 9.17) is 34.8 Å². The topological polar surface area (TPSA) is 0 Å². The van der Waals surface area contributed by atoms with Gasteiger partial charge in [-0.2, -0.15) is 0 Å². The van der Waals surface area contributed by atoms with Gasteiger partial charge in [0.1, 0.15) is 0 Å². The SMILES string of the molecule is CC(Cl)(/C=C/[C@H](Br)[C@](C)(Cl)/C=C/Cl)CBr. The molecule has 0 bridgehead atoms. The predicted octanol–water partition coefficient (Wildman–Crippen LogP) is 5.45. The fourth-order valence-corrected chi connectivity index (χ4v) is 1.76. The average molecular weight is 399 g/mol. The number of hydrogen-bond acceptors (Lipinski definition) is 0. The summed E-state index contributed by atoms with van der Waals surface area (Å²) in [6.45, 7) is 3.79. The highest BCUT2D eigenvalue weighted by Gasteiger charge is 2.26. The summed E-state index contributed by atoms with van der Waals surface area (Å²) in [5.74, 6) is 0. The van der Waals surface area contributed by atoms with E-state index in [-0.39, 0.29) is 4.83 Å². The van der Waals surface area contributed by atoms with E-state index in [0.717, 1.165) is 0 Å². The molecule has 0 amide bonds. The number of hydrogen-bond donors (Lipinski definition) is 0. The Morgan fingerprint density at radius 3 is 2.20 bits per heavy atom. The molecule has 0 saturated carbocycles. The first-order chi connectivity index (χ1) is 6.75. The molecule has 0 rings (SSSR count). The largest absolute Gasteiger partial charge is 0.114 e.